The Labute approximate surface area is 157 Å². The van der Waals surface area contributed by atoms with E-state index in [4.69, 9.17) is 0 Å². The normalized spacial score (nSPS) is 17.8. The molecule has 0 bridgehead atoms. The Morgan fingerprint density at radius 2 is 2.11 bits per heavy atom. The number of amides is 2. The van der Waals surface area contributed by atoms with Crippen molar-refractivity contribution in [2.75, 3.05) is 20.1 Å². The molecule has 1 N–H and O–H groups in total. The summed E-state index contributed by atoms with van der Waals surface area (Å²) in [7, 11) is 1.56. The zero-order chi connectivity index (χ0) is 19.8. The number of hydrogen-bond donors (Lipinski definition) is 1. The van der Waals surface area contributed by atoms with Gasteiger partial charge in [0.1, 0.15) is 5.69 Å². The lowest BCUT2D eigenvalue weighted by molar-refractivity contribution is -0.156. The van der Waals surface area contributed by atoms with Crippen molar-refractivity contribution in [2.24, 2.45) is 5.92 Å². The van der Waals surface area contributed by atoms with Gasteiger partial charge in [0.05, 0.1) is 15.7 Å². The van der Waals surface area contributed by atoms with Gasteiger partial charge in [0, 0.05) is 25.7 Å². The molecule has 3 rings (SSSR count). The van der Waals surface area contributed by atoms with Crippen molar-refractivity contribution in [3.8, 4) is 10.6 Å². The maximum absolute atomic E-state index is 12.9. The Hall–Kier alpha value is -2.36. The minimum absolute atomic E-state index is 0.0771. The second-order valence-electron chi connectivity index (χ2n) is 6.35. The molecule has 1 fully saturated rings. The number of aromatic nitrogens is 1. The van der Waals surface area contributed by atoms with Gasteiger partial charge in [0.15, 0.2) is 0 Å². The molecule has 2 aromatic heterocycles. The fourth-order valence-corrected chi connectivity index (χ4v) is 4.16. The predicted molar refractivity (Wildman–Crippen MR) is 92.2 cm³/mol. The molecule has 10 heteroatoms. The number of piperidine rings is 1. The monoisotopic (exact) mass is 401 g/mol. The number of halogens is 3. The minimum atomic E-state index is -4.62. The van der Waals surface area contributed by atoms with E-state index in [0.29, 0.717) is 22.8 Å². The molecule has 0 saturated carbocycles. The molecule has 2 aromatic rings. The lowest BCUT2D eigenvalue weighted by Crippen LogP contribution is -2.44. The van der Waals surface area contributed by atoms with E-state index in [1.807, 2.05) is 0 Å². The fraction of sp³-hybridized carbons (Fsp3) is 0.471. The Bertz CT molecular complexity index is 859. The van der Waals surface area contributed by atoms with Crippen molar-refractivity contribution >= 4 is 23.2 Å². The van der Waals surface area contributed by atoms with Crippen LogP contribution in [0.2, 0.25) is 0 Å². The first-order valence-electron chi connectivity index (χ1n) is 8.37. The number of rotatable bonds is 3. The van der Waals surface area contributed by atoms with Gasteiger partial charge in [0.2, 0.25) is 11.7 Å². The van der Waals surface area contributed by atoms with Gasteiger partial charge in [-0.2, -0.15) is 13.2 Å². The average molecular weight is 401 g/mol. The molecule has 1 saturated heterocycles. The molecule has 2 amide bonds. The molecule has 146 valence electrons. The predicted octanol–water partition coefficient (Wildman–Crippen LogP) is 3.33. The van der Waals surface area contributed by atoms with Crippen LogP contribution in [0.5, 0.6) is 0 Å². The second kappa shape index (κ2) is 7.34. The molecule has 0 spiro atoms. The number of nitrogens with zero attached hydrogens (tertiary/aromatic N) is 2. The minimum Gasteiger partial charge on any atom is -0.359 e. The summed E-state index contributed by atoms with van der Waals surface area (Å²) in [4.78, 5) is 27.0. The molecule has 27 heavy (non-hydrogen) atoms. The van der Waals surface area contributed by atoms with E-state index >= 15 is 0 Å². The van der Waals surface area contributed by atoms with Crippen LogP contribution in [0.4, 0.5) is 13.2 Å². The SMILES string of the molecule is CNC(=O)C1CCCN(C(=O)c2ccc(-c3noc(C(F)(F)F)c3C)s2)C1. The Morgan fingerprint density at radius 1 is 1.37 bits per heavy atom. The molecule has 6 nitrogen and oxygen atoms in total. The lowest BCUT2D eigenvalue weighted by atomic mass is 9.97. The van der Waals surface area contributed by atoms with Crippen molar-refractivity contribution in [3.63, 3.8) is 0 Å². The van der Waals surface area contributed by atoms with Gasteiger partial charge in [-0.1, -0.05) is 5.16 Å². The largest absolute Gasteiger partial charge is 0.452 e. The van der Waals surface area contributed by atoms with E-state index in [1.54, 1.807) is 24.1 Å². The van der Waals surface area contributed by atoms with Gasteiger partial charge in [-0.05, 0) is 31.9 Å². The summed E-state index contributed by atoms with van der Waals surface area (Å²) in [6.07, 6.45) is -3.18. The van der Waals surface area contributed by atoms with Crippen molar-refractivity contribution in [2.45, 2.75) is 25.9 Å². The Balaban J connectivity index is 1.79. The number of alkyl halides is 3. The zero-order valence-electron chi connectivity index (χ0n) is 14.7. The van der Waals surface area contributed by atoms with E-state index in [1.165, 1.54) is 6.92 Å². The smallest absolute Gasteiger partial charge is 0.359 e. The standard InChI is InChI=1S/C17H18F3N3O3S/c1-9-13(22-26-14(9)17(18,19)20)11-5-6-12(27-11)16(25)23-7-3-4-10(8-23)15(24)21-2/h5-6,10H,3-4,7-8H2,1-2H3,(H,21,24). The van der Waals surface area contributed by atoms with Gasteiger partial charge in [0.25, 0.3) is 5.91 Å². The van der Waals surface area contributed by atoms with Crippen LogP contribution in [0.1, 0.15) is 33.8 Å². The van der Waals surface area contributed by atoms with E-state index in [0.717, 1.165) is 24.2 Å². The van der Waals surface area contributed by atoms with Crippen LogP contribution in [-0.4, -0.2) is 42.0 Å². The van der Waals surface area contributed by atoms with E-state index in [-0.39, 0.29) is 29.0 Å². The Kier molecular flexibility index (Phi) is 5.27. The highest BCUT2D eigenvalue weighted by atomic mass is 32.1. The summed E-state index contributed by atoms with van der Waals surface area (Å²) >= 11 is 1.06. The first-order valence-corrected chi connectivity index (χ1v) is 9.18. The topological polar surface area (TPSA) is 75.4 Å². The molecule has 0 aromatic carbocycles. The molecular formula is C17H18F3N3O3S. The zero-order valence-corrected chi connectivity index (χ0v) is 15.5. The lowest BCUT2D eigenvalue weighted by Gasteiger charge is -2.31. The van der Waals surface area contributed by atoms with Gasteiger partial charge >= 0.3 is 6.18 Å². The summed E-state index contributed by atoms with van der Waals surface area (Å²) in [6, 6.07) is 3.12. The quantitative estimate of drug-likeness (QED) is 0.856. The van der Waals surface area contributed by atoms with Crippen molar-refractivity contribution in [1.29, 1.82) is 0 Å². The Morgan fingerprint density at radius 3 is 2.74 bits per heavy atom. The summed E-state index contributed by atoms with van der Waals surface area (Å²) in [5.74, 6) is -1.73. The number of carbonyl (C=O) groups is 2. The number of hydrogen-bond acceptors (Lipinski definition) is 5. The number of nitrogens with one attached hydrogen (secondary N) is 1. The highest BCUT2D eigenvalue weighted by Crippen LogP contribution is 2.38. The first kappa shape index (κ1) is 19.4. The van der Waals surface area contributed by atoms with E-state index in [2.05, 4.69) is 15.0 Å². The van der Waals surface area contributed by atoms with Gasteiger partial charge < -0.3 is 14.7 Å². The molecule has 1 unspecified atom stereocenters. The van der Waals surface area contributed by atoms with E-state index < -0.39 is 11.9 Å². The summed E-state index contributed by atoms with van der Waals surface area (Å²) < 4.78 is 43.0. The van der Waals surface area contributed by atoms with Crippen LogP contribution < -0.4 is 5.32 Å². The van der Waals surface area contributed by atoms with Crippen LogP contribution in [0.25, 0.3) is 10.6 Å². The number of likely N-dealkylation sites (tertiary alicyclic amines) is 1. The van der Waals surface area contributed by atoms with Crippen molar-refractivity contribution in [1.82, 2.24) is 15.4 Å². The molecule has 1 aliphatic heterocycles. The van der Waals surface area contributed by atoms with Crippen LogP contribution in [0.3, 0.4) is 0 Å². The highest BCUT2D eigenvalue weighted by Gasteiger charge is 2.39. The fourth-order valence-electron chi connectivity index (χ4n) is 3.15. The van der Waals surface area contributed by atoms with Crippen LogP contribution in [-0.2, 0) is 11.0 Å². The number of carbonyl (C=O) groups excluding carboxylic acids is 2. The maximum Gasteiger partial charge on any atom is 0.452 e. The summed E-state index contributed by atoms with van der Waals surface area (Å²) in [5, 5.41) is 6.12. The van der Waals surface area contributed by atoms with Crippen molar-refractivity contribution in [3.05, 3.63) is 28.3 Å². The summed E-state index contributed by atoms with van der Waals surface area (Å²) in [6.45, 7) is 2.15. The number of thiophene rings is 1. The molecule has 0 radical (unpaired) electrons. The molecule has 1 aliphatic rings. The third-order valence-electron chi connectivity index (χ3n) is 4.56. The van der Waals surface area contributed by atoms with Gasteiger partial charge in [-0.3, -0.25) is 9.59 Å². The van der Waals surface area contributed by atoms with Crippen LogP contribution in [0.15, 0.2) is 16.7 Å². The third-order valence-corrected chi connectivity index (χ3v) is 5.64. The van der Waals surface area contributed by atoms with Gasteiger partial charge in [-0.15, -0.1) is 11.3 Å². The van der Waals surface area contributed by atoms with E-state index in [9.17, 15) is 22.8 Å². The van der Waals surface area contributed by atoms with Crippen LogP contribution >= 0.6 is 11.3 Å². The van der Waals surface area contributed by atoms with Gasteiger partial charge in [-0.25, -0.2) is 0 Å². The maximum atomic E-state index is 12.9. The molecule has 3 heterocycles. The second-order valence-corrected chi connectivity index (χ2v) is 7.44. The molecule has 1 atom stereocenters. The van der Waals surface area contributed by atoms with Crippen LogP contribution in [0, 0.1) is 12.8 Å². The molecule has 0 aliphatic carbocycles. The average Bonchev–Trinajstić information content (AvgIpc) is 3.26. The summed E-state index contributed by atoms with van der Waals surface area (Å²) in [5.41, 5.74) is -0.0331. The first-order chi connectivity index (χ1) is 12.7. The third kappa shape index (κ3) is 3.85. The van der Waals surface area contributed by atoms with Crippen molar-refractivity contribution < 1.29 is 27.3 Å². The highest BCUT2D eigenvalue weighted by molar-refractivity contribution is 7.17. The molecular weight excluding hydrogens is 383 g/mol.